The second kappa shape index (κ2) is 11.2. The normalized spacial score (nSPS) is 15.9. The van der Waals surface area contributed by atoms with Crippen LogP contribution in [0, 0.1) is 11.7 Å². The van der Waals surface area contributed by atoms with E-state index in [0.29, 0.717) is 40.8 Å². The maximum absolute atomic E-state index is 14.6. The molecule has 0 aliphatic carbocycles. The third-order valence-electron chi connectivity index (χ3n) is 7.22. The van der Waals surface area contributed by atoms with Gasteiger partial charge in [0.2, 0.25) is 0 Å². The van der Waals surface area contributed by atoms with Gasteiger partial charge in [-0.2, -0.15) is 0 Å². The average molecular weight is 562 g/mol. The molecule has 2 aliphatic rings. The topological polar surface area (TPSA) is 109 Å². The highest BCUT2D eigenvalue weighted by Gasteiger charge is 2.24. The number of carbonyl (C=O) groups excluding carboxylic acids is 2. The first-order valence-electron chi connectivity index (χ1n) is 13.2. The van der Waals surface area contributed by atoms with Crippen molar-refractivity contribution in [2.75, 3.05) is 36.9 Å². The van der Waals surface area contributed by atoms with Gasteiger partial charge < -0.3 is 30.5 Å². The number of aliphatic hydroxyl groups is 1. The maximum atomic E-state index is 14.6. The monoisotopic (exact) mass is 561 g/mol. The Hall–Kier alpha value is -3.99. The Labute approximate surface area is 234 Å². The van der Waals surface area contributed by atoms with E-state index in [4.69, 9.17) is 9.47 Å². The predicted octanol–water partition coefficient (Wildman–Crippen LogP) is 5.35. The van der Waals surface area contributed by atoms with Crippen LogP contribution in [0.25, 0.3) is 10.1 Å². The van der Waals surface area contributed by atoms with Crippen LogP contribution in [0.1, 0.15) is 44.5 Å². The number of fused-ring (bicyclic) bond motifs is 2. The Morgan fingerprint density at radius 2 is 1.73 bits per heavy atom. The number of halogens is 1. The largest absolute Gasteiger partial charge is 0.486 e. The molecule has 2 amide bonds. The van der Waals surface area contributed by atoms with Gasteiger partial charge in [0.05, 0.1) is 16.7 Å². The Bertz CT molecular complexity index is 1580. The molecule has 1 atom stereocenters. The van der Waals surface area contributed by atoms with Crippen LogP contribution in [0.2, 0.25) is 0 Å². The zero-order chi connectivity index (χ0) is 27.6. The van der Waals surface area contributed by atoms with E-state index < -0.39 is 23.7 Å². The standard InChI is InChI=1S/C30H28FN3O5S/c31-22-5-4-21(33-29(36)20-3-6-24-25(13-20)39-12-11-38-24)16-23(22)34-30(37)27-14-18-1-2-19(15-26(18)40-27)28(35)17-7-9-32-10-8-17/h1-6,13-17,28,32,35H,7-12H2,(H,33,36)(H,34,37). The minimum Gasteiger partial charge on any atom is -0.486 e. The number of anilines is 2. The lowest BCUT2D eigenvalue weighted by molar-refractivity contribution is 0.0890. The number of hydrogen-bond acceptors (Lipinski definition) is 7. The second-order valence-corrected chi connectivity index (χ2v) is 11.0. The van der Waals surface area contributed by atoms with Crippen molar-refractivity contribution in [2.45, 2.75) is 18.9 Å². The molecule has 3 aromatic carbocycles. The summed E-state index contributed by atoms with van der Waals surface area (Å²) in [6, 6.07) is 16.4. The molecular formula is C30H28FN3O5S. The number of thiophene rings is 1. The average Bonchev–Trinajstić information content (AvgIpc) is 3.42. The van der Waals surface area contributed by atoms with E-state index in [-0.39, 0.29) is 11.6 Å². The summed E-state index contributed by atoms with van der Waals surface area (Å²) in [5.74, 6) is -0.234. The molecule has 2 aliphatic heterocycles. The molecule has 0 spiro atoms. The van der Waals surface area contributed by atoms with Crippen molar-refractivity contribution in [2.24, 2.45) is 5.92 Å². The summed E-state index contributed by atoms with van der Waals surface area (Å²) >= 11 is 1.28. The number of rotatable bonds is 6. The van der Waals surface area contributed by atoms with Crippen LogP contribution in [-0.4, -0.2) is 43.2 Å². The summed E-state index contributed by atoms with van der Waals surface area (Å²) < 4.78 is 26.5. The third-order valence-corrected chi connectivity index (χ3v) is 8.31. The van der Waals surface area contributed by atoms with Crippen molar-refractivity contribution in [1.82, 2.24) is 5.32 Å². The molecule has 1 fully saturated rings. The molecule has 1 saturated heterocycles. The predicted molar refractivity (Wildman–Crippen MR) is 152 cm³/mol. The van der Waals surface area contributed by atoms with Crippen molar-refractivity contribution < 1.29 is 28.6 Å². The smallest absolute Gasteiger partial charge is 0.265 e. The minimum absolute atomic E-state index is 0.0514. The zero-order valence-corrected chi connectivity index (χ0v) is 22.4. The van der Waals surface area contributed by atoms with Gasteiger partial charge in [-0.05, 0) is 91.3 Å². The Morgan fingerprint density at radius 1 is 0.925 bits per heavy atom. The summed E-state index contributed by atoms with van der Waals surface area (Å²) in [4.78, 5) is 26.3. The Balaban J connectivity index is 1.15. The lowest BCUT2D eigenvalue weighted by atomic mass is 9.88. The first-order chi connectivity index (χ1) is 19.4. The van der Waals surface area contributed by atoms with E-state index >= 15 is 0 Å². The Kier molecular flexibility index (Phi) is 7.38. The van der Waals surface area contributed by atoms with E-state index in [1.54, 1.807) is 24.3 Å². The van der Waals surface area contributed by atoms with Gasteiger partial charge in [-0.25, -0.2) is 4.39 Å². The molecule has 1 aromatic heterocycles. The summed E-state index contributed by atoms with van der Waals surface area (Å²) in [5.41, 5.74) is 1.46. The van der Waals surface area contributed by atoms with Crippen molar-refractivity contribution in [1.29, 1.82) is 0 Å². The summed E-state index contributed by atoms with van der Waals surface area (Å²) in [6.45, 7) is 2.65. The molecule has 206 valence electrons. The molecule has 40 heavy (non-hydrogen) atoms. The van der Waals surface area contributed by atoms with Crippen molar-refractivity contribution >= 4 is 44.6 Å². The fourth-order valence-corrected chi connectivity index (χ4v) is 6.05. The lowest BCUT2D eigenvalue weighted by Crippen LogP contribution is -2.30. The third kappa shape index (κ3) is 5.51. The Morgan fingerprint density at radius 3 is 2.55 bits per heavy atom. The highest BCUT2D eigenvalue weighted by molar-refractivity contribution is 7.20. The SMILES string of the molecule is O=C(Nc1ccc(F)c(NC(=O)c2cc3ccc(C(O)C4CCNCC4)cc3s2)c1)c1ccc2c(c1)OCCO2. The highest BCUT2D eigenvalue weighted by atomic mass is 32.1. The van der Waals surface area contributed by atoms with Crippen LogP contribution in [0.4, 0.5) is 15.8 Å². The minimum atomic E-state index is -0.626. The number of hydrogen-bond donors (Lipinski definition) is 4. The van der Waals surface area contributed by atoms with Crippen molar-refractivity contribution in [3.63, 3.8) is 0 Å². The number of benzene rings is 3. The van der Waals surface area contributed by atoms with Gasteiger partial charge in [-0.3, -0.25) is 9.59 Å². The molecule has 10 heteroatoms. The number of amides is 2. The zero-order valence-electron chi connectivity index (χ0n) is 21.5. The number of ether oxygens (including phenoxy) is 2. The quantitative estimate of drug-likeness (QED) is 0.253. The van der Waals surface area contributed by atoms with Crippen LogP contribution in [0.15, 0.2) is 60.7 Å². The molecule has 0 saturated carbocycles. The van der Waals surface area contributed by atoms with Crippen LogP contribution in [0.5, 0.6) is 11.5 Å². The first-order valence-corrected chi connectivity index (χ1v) is 14.0. The van der Waals surface area contributed by atoms with Gasteiger partial charge in [-0.15, -0.1) is 11.3 Å². The summed E-state index contributed by atoms with van der Waals surface area (Å²) in [7, 11) is 0. The number of nitrogens with one attached hydrogen (secondary N) is 3. The van der Waals surface area contributed by atoms with Crippen LogP contribution < -0.4 is 25.4 Å². The fraction of sp³-hybridized carbons (Fsp3) is 0.267. The van der Waals surface area contributed by atoms with E-state index in [0.717, 1.165) is 41.6 Å². The van der Waals surface area contributed by atoms with E-state index in [1.807, 2.05) is 18.2 Å². The lowest BCUT2D eigenvalue weighted by Gasteiger charge is -2.27. The van der Waals surface area contributed by atoms with Crippen molar-refractivity contribution in [3.05, 3.63) is 82.5 Å². The van der Waals surface area contributed by atoms with Crippen LogP contribution in [-0.2, 0) is 0 Å². The molecule has 4 aromatic rings. The van der Waals surface area contributed by atoms with E-state index in [1.165, 1.54) is 29.5 Å². The molecule has 4 N–H and O–H groups in total. The van der Waals surface area contributed by atoms with Gasteiger partial charge in [-0.1, -0.05) is 12.1 Å². The molecule has 3 heterocycles. The van der Waals surface area contributed by atoms with Crippen LogP contribution in [0.3, 0.4) is 0 Å². The molecule has 6 rings (SSSR count). The van der Waals surface area contributed by atoms with Gasteiger partial charge in [0.25, 0.3) is 11.8 Å². The maximum Gasteiger partial charge on any atom is 0.265 e. The fourth-order valence-electron chi connectivity index (χ4n) is 5.05. The van der Waals surface area contributed by atoms with Gasteiger partial charge in [0, 0.05) is 16.0 Å². The van der Waals surface area contributed by atoms with E-state index in [9.17, 15) is 19.1 Å². The van der Waals surface area contributed by atoms with Gasteiger partial charge in [0.15, 0.2) is 11.5 Å². The van der Waals surface area contributed by atoms with Gasteiger partial charge in [0.1, 0.15) is 19.0 Å². The molecular weight excluding hydrogens is 533 g/mol. The number of aliphatic hydroxyl groups excluding tert-OH is 1. The highest BCUT2D eigenvalue weighted by Crippen LogP contribution is 2.34. The number of piperidine rings is 1. The molecule has 0 bridgehead atoms. The first kappa shape index (κ1) is 26.2. The van der Waals surface area contributed by atoms with E-state index in [2.05, 4.69) is 16.0 Å². The molecule has 0 radical (unpaired) electrons. The van der Waals surface area contributed by atoms with Crippen molar-refractivity contribution in [3.8, 4) is 11.5 Å². The molecule has 1 unspecified atom stereocenters. The second-order valence-electron chi connectivity index (χ2n) is 9.90. The molecule has 8 nitrogen and oxygen atoms in total. The number of carbonyl (C=O) groups is 2. The van der Waals surface area contributed by atoms with Crippen LogP contribution >= 0.6 is 11.3 Å². The summed E-state index contributed by atoms with van der Waals surface area (Å²) in [5, 5.41) is 20.4. The van der Waals surface area contributed by atoms with Gasteiger partial charge >= 0.3 is 0 Å². The summed E-state index contributed by atoms with van der Waals surface area (Å²) in [6.07, 6.45) is 1.28.